The summed E-state index contributed by atoms with van der Waals surface area (Å²) in [6.45, 7) is 3.69. The van der Waals surface area contributed by atoms with Crippen molar-refractivity contribution in [3.63, 3.8) is 0 Å². The van der Waals surface area contributed by atoms with Crippen LogP contribution in [0.4, 0.5) is 0 Å². The molecule has 1 saturated heterocycles. The first-order valence-corrected chi connectivity index (χ1v) is 8.82. The van der Waals surface area contributed by atoms with E-state index in [0.717, 1.165) is 0 Å². The van der Waals surface area contributed by atoms with Gasteiger partial charge < -0.3 is 14.4 Å². The van der Waals surface area contributed by atoms with Crippen molar-refractivity contribution in [2.24, 2.45) is 11.8 Å². The van der Waals surface area contributed by atoms with Crippen LogP contribution in [-0.4, -0.2) is 49.6 Å². The Kier molecular flexibility index (Phi) is 6.80. The van der Waals surface area contributed by atoms with Crippen LogP contribution in [0, 0.1) is 11.8 Å². The quantitative estimate of drug-likeness (QED) is 0.560. The number of hydrogen-bond donors (Lipinski definition) is 0. The minimum atomic E-state index is -1.38. The van der Waals surface area contributed by atoms with Gasteiger partial charge in [-0.2, -0.15) is 0 Å². The average molecular weight is 380 g/mol. The van der Waals surface area contributed by atoms with Crippen LogP contribution in [0.1, 0.15) is 19.4 Å². The number of rotatable bonds is 6. The maximum absolute atomic E-state index is 12.7. The van der Waals surface area contributed by atoms with E-state index in [1.165, 1.54) is 4.90 Å². The number of nitrogens with zero attached hydrogens (tertiary/aromatic N) is 1. The van der Waals surface area contributed by atoms with Gasteiger partial charge in [-0.3, -0.25) is 14.4 Å². The van der Waals surface area contributed by atoms with Gasteiger partial charge in [-0.25, -0.2) is 0 Å². The van der Waals surface area contributed by atoms with Gasteiger partial charge in [0.15, 0.2) is 5.92 Å². The zero-order chi connectivity index (χ0) is 19.3. The van der Waals surface area contributed by atoms with E-state index in [9.17, 15) is 14.4 Å². The molecule has 140 valence electrons. The van der Waals surface area contributed by atoms with Gasteiger partial charge in [0.1, 0.15) is 0 Å². The summed E-state index contributed by atoms with van der Waals surface area (Å²) >= 11 is 6.54. The van der Waals surface area contributed by atoms with Crippen LogP contribution in [0.5, 0.6) is 0 Å². The number of amides is 1. The molecule has 0 N–H and O–H groups in total. The lowest BCUT2D eigenvalue weighted by atomic mass is 9.86. The first-order chi connectivity index (χ1) is 12.4. The third-order valence-electron chi connectivity index (χ3n) is 4.15. The van der Waals surface area contributed by atoms with E-state index in [2.05, 4.69) is 0 Å². The second-order valence-corrected chi connectivity index (χ2v) is 6.24. The molecule has 7 heteroatoms. The Balaban J connectivity index is 2.53. The fourth-order valence-electron chi connectivity index (χ4n) is 2.97. The van der Waals surface area contributed by atoms with Gasteiger partial charge in [0.25, 0.3) is 0 Å². The molecule has 1 unspecified atom stereocenters. The lowest BCUT2D eigenvalue weighted by Crippen LogP contribution is -2.39. The zero-order valence-corrected chi connectivity index (χ0v) is 15.8. The van der Waals surface area contributed by atoms with Crippen molar-refractivity contribution in [2.45, 2.75) is 13.8 Å². The topological polar surface area (TPSA) is 72.9 Å². The normalized spacial score (nSPS) is 18.9. The third-order valence-corrected chi connectivity index (χ3v) is 4.61. The monoisotopic (exact) mass is 379 g/mol. The van der Waals surface area contributed by atoms with Crippen molar-refractivity contribution in [1.29, 1.82) is 0 Å². The Hall–Kier alpha value is -2.34. The lowest BCUT2D eigenvalue weighted by Gasteiger charge is -2.20. The van der Waals surface area contributed by atoms with Gasteiger partial charge in [-0.05, 0) is 25.0 Å². The number of halogens is 1. The molecule has 1 heterocycles. The largest absolute Gasteiger partial charge is 0.465 e. The van der Waals surface area contributed by atoms with Crippen molar-refractivity contribution in [3.05, 3.63) is 41.5 Å². The van der Waals surface area contributed by atoms with Crippen molar-refractivity contribution < 1.29 is 23.9 Å². The minimum Gasteiger partial charge on any atom is -0.465 e. The van der Waals surface area contributed by atoms with Gasteiger partial charge >= 0.3 is 11.9 Å². The zero-order valence-electron chi connectivity index (χ0n) is 15.0. The van der Waals surface area contributed by atoms with Crippen LogP contribution < -0.4 is 0 Å². The summed E-state index contributed by atoms with van der Waals surface area (Å²) in [6.07, 6.45) is 0. The molecule has 26 heavy (non-hydrogen) atoms. The van der Waals surface area contributed by atoms with E-state index >= 15 is 0 Å². The van der Waals surface area contributed by atoms with E-state index in [1.54, 1.807) is 33.0 Å². The molecule has 6 nitrogen and oxygen atoms in total. The minimum absolute atomic E-state index is 0.0942. The van der Waals surface area contributed by atoms with E-state index in [0.29, 0.717) is 16.2 Å². The number of esters is 2. The van der Waals surface area contributed by atoms with Crippen molar-refractivity contribution in [3.8, 4) is 0 Å². The second kappa shape index (κ2) is 8.85. The van der Waals surface area contributed by atoms with Crippen molar-refractivity contribution >= 4 is 34.5 Å². The van der Waals surface area contributed by atoms with Crippen LogP contribution in [0.2, 0.25) is 0 Å². The molecule has 0 aromatic heterocycles. The van der Waals surface area contributed by atoms with Gasteiger partial charge in [0.05, 0.1) is 19.1 Å². The SMILES string of the molecule is CCOC(=O)C(C(=O)OCC)C1C(=O)N(C)C/C1=C(/Cl)c1ccccc1. The Bertz CT molecular complexity index is 698. The summed E-state index contributed by atoms with van der Waals surface area (Å²) in [7, 11) is 1.60. The van der Waals surface area contributed by atoms with Gasteiger partial charge in [0, 0.05) is 18.6 Å². The molecule has 1 aliphatic heterocycles. The first kappa shape index (κ1) is 20.0. The molecule has 1 fully saturated rings. The van der Waals surface area contributed by atoms with Crippen LogP contribution in [-0.2, 0) is 23.9 Å². The Morgan fingerprint density at radius 2 is 1.69 bits per heavy atom. The number of benzene rings is 1. The maximum atomic E-state index is 12.7. The van der Waals surface area contributed by atoms with E-state index < -0.39 is 23.8 Å². The second-order valence-electron chi connectivity index (χ2n) is 5.86. The smallest absolute Gasteiger partial charge is 0.321 e. The van der Waals surface area contributed by atoms with Crippen LogP contribution >= 0.6 is 11.6 Å². The highest BCUT2D eigenvalue weighted by Crippen LogP contribution is 2.38. The molecule has 1 amide bonds. The molecule has 1 atom stereocenters. The standard InChI is InChI=1S/C19H22ClNO5/c1-4-25-18(23)15(19(24)26-5-2)14-13(11-21(3)17(14)22)16(20)12-9-7-6-8-10-12/h6-10,14-15H,4-5,11H2,1-3H3/b16-13-. The molecule has 1 aromatic carbocycles. The van der Waals surface area contributed by atoms with Crippen LogP contribution in [0.25, 0.3) is 5.03 Å². The highest BCUT2D eigenvalue weighted by atomic mass is 35.5. The molecule has 0 bridgehead atoms. The summed E-state index contributed by atoms with van der Waals surface area (Å²) in [5.74, 6) is -4.34. The molecule has 1 aromatic rings. The highest BCUT2D eigenvalue weighted by Gasteiger charge is 2.49. The number of ether oxygens (including phenoxy) is 2. The fourth-order valence-corrected chi connectivity index (χ4v) is 3.27. The third kappa shape index (κ3) is 4.07. The average Bonchev–Trinajstić information content (AvgIpc) is 2.91. The summed E-state index contributed by atoms with van der Waals surface area (Å²) in [6, 6.07) is 9.10. The van der Waals surface area contributed by atoms with Crippen LogP contribution in [0.15, 0.2) is 35.9 Å². The Labute approximate surface area is 157 Å². The van der Waals surface area contributed by atoms with Crippen LogP contribution in [0.3, 0.4) is 0 Å². The molecule has 1 aliphatic rings. The first-order valence-electron chi connectivity index (χ1n) is 8.44. The summed E-state index contributed by atoms with van der Waals surface area (Å²) in [5, 5.41) is 0.354. The number of likely N-dealkylation sites (N-methyl/N-ethyl adjacent to an activating group) is 1. The molecule has 0 spiro atoms. The molecular formula is C19H22ClNO5. The predicted octanol–water partition coefficient (Wildman–Crippen LogP) is 2.47. The number of hydrogen-bond acceptors (Lipinski definition) is 5. The van der Waals surface area contributed by atoms with Gasteiger partial charge in [-0.1, -0.05) is 41.9 Å². The molecule has 0 saturated carbocycles. The van der Waals surface area contributed by atoms with Gasteiger partial charge in [-0.15, -0.1) is 0 Å². The van der Waals surface area contributed by atoms with E-state index in [4.69, 9.17) is 21.1 Å². The molecular weight excluding hydrogens is 358 g/mol. The number of carbonyl (C=O) groups is 3. The number of carbonyl (C=O) groups excluding carboxylic acids is 3. The predicted molar refractivity (Wildman–Crippen MR) is 97.1 cm³/mol. The Morgan fingerprint density at radius 1 is 1.15 bits per heavy atom. The summed E-state index contributed by atoms with van der Waals surface area (Å²) in [4.78, 5) is 39.1. The lowest BCUT2D eigenvalue weighted by molar-refractivity contribution is -0.165. The molecule has 0 radical (unpaired) electrons. The van der Waals surface area contributed by atoms with E-state index in [-0.39, 0.29) is 25.7 Å². The molecule has 2 rings (SSSR count). The molecule has 0 aliphatic carbocycles. The Morgan fingerprint density at radius 3 is 2.19 bits per heavy atom. The summed E-state index contributed by atoms with van der Waals surface area (Å²) in [5.41, 5.74) is 1.22. The number of likely N-dealkylation sites (tertiary alicyclic amines) is 1. The van der Waals surface area contributed by atoms with Crippen molar-refractivity contribution in [2.75, 3.05) is 26.8 Å². The van der Waals surface area contributed by atoms with Gasteiger partial charge in [0.2, 0.25) is 5.91 Å². The highest BCUT2D eigenvalue weighted by molar-refractivity contribution is 6.49. The van der Waals surface area contributed by atoms with E-state index in [1.807, 2.05) is 18.2 Å². The maximum Gasteiger partial charge on any atom is 0.321 e. The fraction of sp³-hybridized carbons (Fsp3) is 0.421. The summed E-state index contributed by atoms with van der Waals surface area (Å²) < 4.78 is 10.1. The van der Waals surface area contributed by atoms with Crippen molar-refractivity contribution in [1.82, 2.24) is 4.90 Å².